The lowest BCUT2D eigenvalue weighted by molar-refractivity contribution is -0.140. The third-order valence-electron chi connectivity index (χ3n) is 1.77. The van der Waals surface area contributed by atoms with E-state index in [2.05, 4.69) is 4.74 Å². The van der Waals surface area contributed by atoms with Gasteiger partial charge in [0.1, 0.15) is 6.04 Å². The highest BCUT2D eigenvalue weighted by atomic mass is 32.2. The van der Waals surface area contributed by atoms with Crippen molar-refractivity contribution in [2.24, 2.45) is 5.92 Å². The molecule has 1 atom stereocenters. The predicted octanol–water partition coefficient (Wildman–Crippen LogP) is -0.812. The molecule has 94 valence electrons. The first-order chi connectivity index (χ1) is 7.19. The summed E-state index contributed by atoms with van der Waals surface area (Å²) in [6.45, 7) is 3.11. The third kappa shape index (κ3) is 5.08. The first-order valence-corrected chi connectivity index (χ1v) is 6.14. The summed E-state index contributed by atoms with van der Waals surface area (Å²) < 4.78 is 28.8. The van der Waals surface area contributed by atoms with Crippen molar-refractivity contribution >= 4 is 22.0 Å². The first-order valence-electron chi connectivity index (χ1n) is 4.49. The van der Waals surface area contributed by atoms with Gasteiger partial charge in [0.2, 0.25) is 10.0 Å². The van der Waals surface area contributed by atoms with E-state index in [1.807, 2.05) is 4.72 Å². The van der Waals surface area contributed by atoms with Gasteiger partial charge in [-0.3, -0.25) is 9.59 Å². The maximum Gasteiger partial charge on any atom is 0.322 e. The zero-order chi connectivity index (χ0) is 12.9. The fourth-order valence-electron chi connectivity index (χ4n) is 0.921. The van der Waals surface area contributed by atoms with Gasteiger partial charge in [0.05, 0.1) is 7.11 Å². The Morgan fingerprint density at radius 2 is 1.88 bits per heavy atom. The van der Waals surface area contributed by atoms with Gasteiger partial charge in [-0.05, 0) is 5.92 Å². The van der Waals surface area contributed by atoms with Crippen molar-refractivity contribution in [2.45, 2.75) is 19.9 Å². The molecule has 0 spiro atoms. The van der Waals surface area contributed by atoms with Gasteiger partial charge in [-0.1, -0.05) is 13.8 Å². The molecule has 7 nitrogen and oxygen atoms in total. The molecule has 0 fully saturated rings. The Balaban J connectivity index is 4.68. The number of hydrogen-bond acceptors (Lipinski definition) is 5. The van der Waals surface area contributed by atoms with E-state index in [0.29, 0.717) is 0 Å². The van der Waals surface area contributed by atoms with E-state index in [-0.39, 0.29) is 0 Å². The lowest BCUT2D eigenvalue weighted by Gasteiger charge is -2.17. The summed E-state index contributed by atoms with van der Waals surface area (Å²) in [7, 11) is -2.94. The molecule has 16 heavy (non-hydrogen) atoms. The smallest absolute Gasteiger partial charge is 0.322 e. The van der Waals surface area contributed by atoms with Crippen LogP contribution in [0.25, 0.3) is 0 Å². The van der Waals surface area contributed by atoms with Crippen molar-refractivity contribution < 1.29 is 27.9 Å². The number of carbonyl (C=O) groups is 2. The molecule has 0 saturated carbocycles. The van der Waals surface area contributed by atoms with Gasteiger partial charge in [0.15, 0.2) is 5.75 Å². The molecule has 2 N–H and O–H groups in total. The topological polar surface area (TPSA) is 110 Å². The standard InChI is InChI=1S/C8H15NO6S/c1-5(2)7(8(11)12)9-16(13,14)4-6(10)15-3/h5,7,9H,4H2,1-3H3,(H,11,12). The molecule has 0 aromatic carbocycles. The van der Waals surface area contributed by atoms with Gasteiger partial charge < -0.3 is 9.84 Å². The lowest BCUT2D eigenvalue weighted by atomic mass is 10.1. The monoisotopic (exact) mass is 253 g/mol. The van der Waals surface area contributed by atoms with Crippen molar-refractivity contribution in [2.75, 3.05) is 12.9 Å². The summed E-state index contributed by atoms with van der Waals surface area (Å²) in [5.74, 6) is -3.55. The van der Waals surface area contributed by atoms with Gasteiger partial charge in [-0.2, -0.15) is 0 Å². The van der Waals surface area contributed by atoms with Crippen molar-refractivity contribution in [1.29, 1.82) is 0 Å². The van der Waals surface area contributed by atoms with Crippen molar-refractivity contribution in [3.63, 3.8) is 0 Å². The normalized spacial score (nSPS) is 13.5. The Hall–Kier alpha value is -1.15. The number of hydrogen-bond donors (Lipinski definition) is 2. The number of carbonyl (C=O) groups excluding carboxylic acids is 1. The summed E-state index contributed by atoms with van der Waals surface area (Å²) >= 11 is 0. The summed E-state index contributed by atoms with van der Waals surface area (Å²) in [5, 5.41) is 8.76. The van der Waals surface area contributed by atoms with Gasteiger partial charge in [0.25, 0.3) is 0 Å². The third-order valence-corrected chi connectivity index (χ3v) is 3.00. The van der Waals surface area contributed by atoms with Crippen LogP contribution >= 0.6 is 0 Å². The second-order valence-corrected chi connectivity index (χ2v) is 5.27. The molecular formula is C8H15NO6S. The van der Waals surface area contributed by atoms with Crippen LogP contribution in [-0.2, 0) is 24.3 Å². The molecule has 0 amide bonds. The number of ether oxygens (including phenoxy) is 1. The molecule has 8 heteroatoms. The summed E-state index contributed by atoms with van der Waals surface area (Å²) in [6, 6.07) is -1.25. The summed E-state index contributed by atoms with van der Waals surface area (Å²) in [5.41, 5.74) is 0. The highest BCUT2D eigenvalue weighted by molar-refractivity contribution is 7.90. The fourth-order valence-corrected chi connectivity index (χ4v) is 2.19. The highest BCUT2D eigenvalue weighted by Crippen LogP contribution is 2.04. The molecule has 0 aliphatic carbocycles. The van der Waals surface area contributed by atoms with Crippen molar-refractivity contribution in [3.05, 3.63) is 0 Å². The Kier molecular flexibility index (Phi) is 5.39. The molecule has 0 heterocycles. The molecule has 0 rings (SSSR count). The lowest BCUT2D eigenvalue weighted by Crippen LogP contribution is -2.46. The quantitative estimate of drug-likeness (QED) is 0.599. The number of esters is 1. The van der Waals surface area contributed by atoms with Crippen LogP contribution in [-0.4, -0.2) is 44.4 Å². The average molecular weight is 253 g/mol. The minimum Gasteiger partial charge on any atom is -0.480 e. The molecule has 0 aliphatic heterocycles. The Bertz CT molecular complexity index is 361. The Morgan fingerprint density at radius 3 is 2.19 bits per heavy atom. The number of carboxylic acid groups (broad SMARTS) is 1. The van der Waals surface area contributed by atoms with E-state index in [1.54, 1.807) is 13.8 Å². The van der Waals surface area contributed by atoms with Crippen LogP contribution in [0.4, 0.5) is 0 Å². The van der Waals surface area contributed by atoms with E-state index >= 15 is 0 Å². The van der Waals surface area contributed by atoms with E-state index in [1.165, 1.54) is 0 Å². The molecule has 0 aliphatic rings. The maximum absolute atomic E-state index is 11.3. The summed E-state index contributed by atoms with van der Waals surface area (Å²) in [6.07, 6.45) is 0. The highest BCUT2D eigenvalue weighted by Gasteiger charge is 2.28. The molecule has 0 aromatic heterocycles. The van der Waals surface area contributed by atoms with E-state index < -0.39 is 39.7 Å². The molecule has 0 aromatic rings. The number of carboxylic acids is 1. The number of nitrogens with one attached hydrogen (secondary N) is 1. The van der Waals surface area contributed by atoms with Crippen molar-refractivity contribution in [3.8, 4) is 0 Å². The van der Waals surface area contributed by atoms with Crippen LogP contribution < -0.4 is 4.72 Å². The second kappa shape index (κ2) is 5.80. The van der Waals surface area contributed by atoms with Crippen LogP contribution in [0, 0.1) is 5.92 Å². The zero-order valence-corrected chi connectivity index (χ0v) is 10.1. The van der Waals surface area contributed by atoms with Crippen LogP contribution in [0.2, 0.25) is 0 Å². The number of aliphatic carboxylic acids is 1. The van der Waals surface area contributed by atoms with Crippen LogP contribution in [0.15, 0.2) is 0 Å². The largest absolute Gasteiger partial charge is 0.480 e. The average Bonchev–Trinajstić information content (AvgIpc) is 2.12. The molecule has 0 bridgehead atoms. The minimum atomic E-state index is -3.99. The van der Waals surface area contributed by atoms with E-state index in [4.69, 9.17) is 5.11 Å². The van der Waals surface area contributed by atoms with Crippen LogP contribution in [0.1, 0.15) is 13.8 Å². The molecule has 0 saturated heterocycles. The van der Waals surface area contributed by atoms with E-state index in [0.717, 1.165) is 7.11 Å². The van der Waals surface area contributed by atoms with Crippen molar-refractivity contribution in [1.82, 2.24) is 4.72 Å². The van der Waals surface area contributed by atoms with Gasteiger partial charge >= 0.3 is 11.9 Å². The SMILES string of the molecule is COC(=O)CS(=O)(=O)NC(C(=O)O)C(C)C. The van der Waals surface area contributed by atoms with Crippen LogP contribution in [0.5, 0.6) is 0 Å². The molecular weight excluding hydrogens is 238 g/mol. The zero-order valence-electron chi connectivity index (χ0n) is 9.26. The predicted molar refractivity (Wildman–Crippen MR) is 55.2 cm³/mol. The first kappa shape index (κ1) is 14.8. The van der Waals surface area contributed by atoms with Gasteiger partial charge in [0, 0.05) is 0 Å². The Labute approximate surface area is 93.8 Å². The molecule has 1 unspecified atom stereocenters. The number of methoxy groups -OCH3 is 1. The van der Waals surface area contributed by atoms with Gasteiger partial charge in [-0.15, -0.1) is 0 Å². The van der Waals surface area contributed by atoms with Crippen LogP contribution in [0.3, 0.4) is 0 Å². The number of sulfonamides is 1. The number of rotatable bonds is 6. The second-order valence-electron chi connectivity index (χ2n) is 3.51. The molecule has 0 radical (unpaired) electrons. The Morgan fingerprint density at radius 1 is 1.38 bits per heavy atom. The minimum absolute atomic E-state index is 0.426. The van der Waals surface area contributed by atoms with Gasteiger partial charge in [-0.25, -0.2) is 13.1 Å². The van der Waals surface area contributed by atoms with E-state index in [9.17, 15) is 18.0 Å². The fraction of sp³-hybridized carbons (Fsp3) is 0.750. The maximum atomic E-state index is 11.3. The summed E-state index contributed by atoms with van der Waals surface area (Å²) in [4.78, 5) is 21.5.